The Morgan fingerprint density at radius 3 is 2.33 bits per heavy atom. The van der Waals surface area contributed by atoms with Crippen LogP contribution in [0.15, 0.2) is 59.5 Å². The van der Waals surface area contributed by atoms with Crippen LogP contribution in [0, 0.1) is 12.8 Å². The molecule has 2 aromatic rings. The molecule has 0 aromatic heterocycles. The SMILES string of the molecule is Cc1ccc(CNC(=O)[C@@]2(C)CN(S(=O)(=O)c3ccccc3)CC(=O)N2CCC(C)C)cc1. The fourth-order valence-electron chi connectivity index (χ4n) is 3.94. The molecule has 2 amide bonds. The number of amides is 2. The summed E-state index contributed by atoms with van der Waals surface area (Å²) in [5.74, 6) is -0.397. The van der Waals surface area contributed by atoms with Crippen molar-refractivity contribution in [2.24, 2.45) is 5.92 Å². The standard InChI is InChI=1S/C25H33N3O4S/c1-19(2)14-15-28-23(29)17-27(33(31,32)22-8-6-5-7-9-22)18-25(28,4)24(30)26-16-21-12-10-20(3)11-13-21/h5-13,19H,14-18H2,1-4H3,(H,26,30)/t25-/m1/s1. The largest absolute Gasteiger partial charge is 0.350 e. The lowest BCUT2D eigenvalue weighted by Crippen LogP contribution is -2.69. The van der Waals surface area contributed by atoms with Crippen molar-refractivity contribution in [3.8, 4) is 0 Å². The number of carbonyl (C=O) groups excluding carboxylic acids is 2. The van der Waals surface area contributed by atoms with E-state index in [2.05, 4.69) is 19.2 Å². The van der Waals surface area contributed by atoms with Crippen molar-refractivity contribution >= 4 is 21.8 Å². The van der Waals surface area contributed by atoms with Crippen molar-refractivity contribution in [1.82, 2.24) is 14.5 Å². The first-order valence-electron chi connectivity index (χ1n) is 11.2. The van der Waals surface area contributed by atoms with Gasteiger partial charge in [0.25, 0.3) is 0 Å². The smallest absolute Gasteiger partial charge is 0.247 e. The molecular weight excluding hydrogens is 438 g/mol. The molecule has 0 saturated carbocycles. The molecule has 0 unspecified atom stereocenters. The van der Waals surface area contributed by atoms with Crippen LogP contribution in [0.4, 0.5) is 0 Å². The minimum atomic E-state index is -3.92. The molecule has 1 atom stereocenters. The molecule has 3 rings (SSSR count). The van der Waals surface area contributed by atoms with Crippen LogP contribution in [0.5, 0.6) is 0 Å². The highest BCUT2D eigenvalue weighted by Crippen LogP contribution is 2.28. The summed E-state index contributed by atoms with van der Waals surface area (Å²) < 4.78 is 27.6. The molecule has 1 aliphatic rings. The summed E-state index contributed by atoms with van der Waals surface area (Å²) in [6.07, 6.45) is 0.720. The van der Waals surface area contributed by atoms with Gasteiger partial charge in [0.2, 0.25) is 21.8 Å². The Balaban J connectivity index is 1.88. The topological polar surface area (TPSA) is 86.8 Å². The second kappa shape index (κ2) is 10.1. The van der Waals surface area contributed by atoms with Crippen molar-refractivity contribution in [2.75, 3.05) is 19.6 Å². The van der Waals surface area contributed by atoms with Crippen LogP contribution in [-0.4, -0.2) is 54.6 Å². The van der Waals surface area contributed by atoms with Crippen molar-refractivity contribution in [2.45, 2.75) is 51.1 Å². The molecule has 1 aliphatic heterocycles. The van der Waals surface area contributed by atoms with Crippen molar-refractivity contribution in [3.63, 3.8) is 0 Å². The molecular formula is C25H33N3O4S. The molecule has 0 bridgehead atoms. The van der Waals surface area contributed by atoms with Crippen LogP contribution in [0.2, 0.25) is 0 Å². The van der Waals surface area contributed by atoms with Crippen molar-refractivity contribution < 1.29 is 18.0 Å². The molecule has 1 N–H and O–H groups in total. The summed E-state index contributed by atoms with van der Waals surface area (Å²) in [4.78, 5) is 28.3. The first kappa shape index (κ1) is 24.9. The van der Waals surface area contributed by atoms with Gasteiger partial charge in [0.1, 0.15) is 5.54 Å². The van der Waals surface area contributed by atoms with Crippen LogP contribution in [0.3, 0.4) is 0 Å². The van der Waals surface area contributed by atoms with Crippen LogP contribution in [0.1, 0.15) is 38.3 Å². The fraction of sp³-hybridized carbons (Fsp3) is 0.440. The number of nitrogens with one attached hydrogen (secondary N) is 1. The summed E-state index contributed by atoms with van der Waals surface area (Å²) in [6.45, 7) is 8.05. The Kier molecular flexibility index (Phi) is 7.59. The molecule has 1 fully saturated rings. The molecule has 0 spiro atoms. The van der Waals surface area contributed by atoms with Gasteiger partial charge in [-0.25, -0.2) is 8.42 Å². The van der Waals surface area contributed by atoms with E-state index < -0.39 is 15.6 Å². The van der Waals surface area contributed by atoms with Gasteiger partial charge in [-0.05, 0) is 43.9 Å². The second-order valence-corrected chi connectivity index (χ2v) is 11.2. The van der Waals surface area contributed by atoms with Crippen LogP contribution in [0.25, 0.3) is 0 Å². The lowest BCUT2D eigenvalue weighted by molar-refractivity contribution is -0.153. The first-order chi connectivity index (χ1) is 15.5. The van der Waals surface area contributed by atoms with Crippen LogP contribution >= 0.6 is 0 Å². The number of carbonyl (C=O) groups is 2. The molecule has 1 heterocycles. The molecule has 0 radical (unpaired) electrons. The maximum absolute atomic E-state index is 13.4. The van der Waals surface area contributed by atoms with Gasteiger partial charge in [0.15, 0.2) is 0 Å². The van der Waals surface area contributed by atoms with Crippen molar-refractivity contribution in [1.29, 1.82) is 0 Å². The minimum Gasteiger partial charge on any atom is -0.350 e. The summed E-state index contributed by atoms with van der Waals surface area (Å²) in [7, 11) is -3.92. The number of nitrogens with zero attached hydrogens (tertiary/aromatic N) is 2. The lowest BCUT2D eigenvalue weighted by Gasteiger charge is -2.47. The maximum Gasteiger partial charge on any atom is 0.247 e. The number of sulfonamides is 1. The highest BCUT2D eigenvalue weighted by molar-refractivity contribution is 7.89. The quantitative estimate of drug-likeness (QED) is 0.641. The molecule has 7 nitrogen and oxygen atoms in total. The van der Waals surface area contributed by atoms with Gasteiger partial charge < -0.3 is 10.2 Å². The van der Waals surface area contributed by atoms with Crippen LogP contribution in [-0.2, 0) is 26.2 Å². The number of piperazine rings is 1. The van der Waals surface area contributed by atoms with Gasteiger partial charge in [0, 0.05) is 19.6 Å². The second-order valence-electron chi connectivity index (χ2n) is 9.26. The third-order valence-electron chi connectivity index (χ3n) is 6.07. The van der Waals surface area contributed by atoms with E-state index in [0.29, 0.717) is 19.0 Å². The molecule has 1 saturated heterocycles. The van der Waals surface area contributed by atoms with E-state index in [9.17, 15) is 18.0 Å². The summed E-state index contributed by atoms with van der Waals surface area (Å²) in [6, 6.07) is 15.8. The van der Waals surface area contributed by atoms with E-state index in [0.717, 1.165) is 21.9 Å². The zero-order valence-corrected chi connectivity index (χ0v) is 20.6. The monoisotopic (exact) mass is 471 g/mol. The van der Waals surface area contributed by atoms with E-state index >= 15 is 0 Å². The fourth-order valence-corrected chi connectivity index (χ4v) is 5.44. The van der Waals surface area contributed by atoms with Gasteiger partial charge in [0.05, 0.1) is 11.4 Å². The zero-order valence-electron chi connectivity index (χ0n) is 19.7. The lowest BCUT2D eigenvalue weighted by atomic mass is 9.94. The van der Waals surface area contributed by atoms with E-state index in [1.54, 1.807) is 30.0 Å². The summed E-state index contributed by atoms with van der Waals surface area (Å²) >= 11 is 0. The Labute approximate surface area is 196 Å². The third kappa shape index (κ3) is 5.62. The third-order valence-corrected chi connectivity index (χ3v) is 7.87. The predicted octanol–water partition coefficient (Wildman–Crippen LogP) is 2.95. The highest BCUT2D eigenvalue weighted by Gasteiger charge is 2.50. The Morgan fingerprint density at radius 1 is 1.09 bits per heavy atom. The summed E-state index contributed by atoms with van der Waals surface area (Å²) in [5, 5.41) is 2.92. The Bertz CT molecular complexity index is 1080. The first-order valence-corrected chi connectivity index (χ1v) is 12.7. The van der Waals surface area contributed by atoms with E-state index in [1.807, 2.05) is 31.2 Å². The average molecular weight is 472 g/mol. The van der Waals surface area contributed by atoms with Crippen molar-refractivity contribution in [3.05, 3.63) is 65.7 Å². The normalized spacial score (nSPS) is 19.7. The van der Waals surface area contributed by atoms with E-state index in [-0.39, 0.29) is 29.8 Å². The molecule has 33 heavy (non-hydrogen) atoms. The van der Waals surface area contributed by atoms with Gasteiger partial charge in [-0.3, -0.25) is 9.59 Å². The minimum absolute atomic E-state index is 0.103. The number of benzene rings is 2. The number of aryl methyl sites for hydroxylation is 1. The van der Waals surface area contributed by atoms with E-state index in [4.69, 9.17) is 0 Å². The molecule has 8 heteroatoms. The number of rotatable bonds is 8. The molecule has 2 aromatic carbocycles. The Hall–Kier alpha value is -2.71. The van der Waals surface area contributed by atoms with Crippen LogP contribution < -0.4 is 5.32 Å². The van der Waals surface area contributed by atoms with Gasteiger partial charge in [-0.2, -0.15) is 4.31 Å². The molecule has 0 aliphatic carbocycles. The number of hydrogen-bond donors (Lipinski definition) is 1. The van der Waals surface area contributed by atoms with Gasteiger partial charge >= 0.3 is 0 Å². The highest BCUT2D eigenvalue weighted by atomic mass is 32.2. The predicted molar refractivity (Wildman–Crippen MR) is 128 cm³/mol. The van der Waals surface area contributed by atoms with E-state index in [1.165, 1.54) is 12.1 Å². The molecule has 178 valence electrons. The zero-order chi connectivity index (χ0) is 24.2. The van der Waals surface area contributed by atoms with Gasteiger partial charge in [-0.15, -0.1) is 0 Å². The Morgan fingerprint density at radius 2 is 1.73 bits per heavy atom. The van der Waals surface area contributed by atoms with Gasteiger partial charge in [-0.1, -0.05) is 61.9 Å². The maximum atomic E-state index is 13.4. The summed E-state index contributed by atoms with van der Waals surface area (Å²) in [5.41, 5.74) is 0.732. The average Bonchev–Trinajstić information content (AvgIpc) is 2.78. The number of hydrogen-bond acceptors (Lipinski definition) is 4.